The number of anilines is 1. The number of rotatable bonds is 1. The first-order valence-electron chi connectivity index (χ1n) is 3.88. The molecule has 2 heterocycles. The SMILES string of the molecule is OB(O)C1=Cc2cncnc2NC1. The Morgan fingerprint density at radius 1 is 1.46 bits per heavy atom. The summed E-state index contributed by atoms with van der Waals surface area (Å²) in [5, 5.41) is 20.8. The normalized spacial score (nSPS) is 14.2. The van der Waals surface area contributed by atoms with Gasteiger partial charge in [0.15, 0.2) is 0 Å². The van der Waals surface area contributed by atoms with Crippen molar-refractivity contribution in [3.8, 4) is 0 Å². The zero-order valence-electron chi connectivity index (χ0n) is 6.81. The van der Waals surface area contributed by atoms with Crippen molar-refractivity contribution in [2.45, 2.75) is 0 Å². The third-order valence-corrected chi connectivity index (χ3v) is 1.87. The van der Waals surface area contributed by atoms with E-state index in [1.807, 2.05) is 0 Å². The molecular weight excluding hydrogens is 169 g/mol. The molecule has 0 radical (unpaired) electrons. The summed E-state index contributed by atoms with van der Waals surface area (Å²) in [6.07, 6.45) is 4.74. The molecule has 0 saturated heterocycles. The van der Waals surface area contributed by atoms with Crippen LogP contribution in [0.2, 0.25) is 0 Å². The van der Waals surface area contributed by atoms with Crippen LogP contribution in [0, 0.1) is 0 Å². The second-order valence-electron chi connectivity index (χ2n) is 2.77. The number of nitrogens with zero attached hydrogens (tertiary/aromatic N) is 2. The minimum Gasteiger partial charge on any atom is -0.423 e. The number of aromatic nitrogens is 2. The van der Waals surface area contributed by atoms with Gasteiger partial charge in [0.2, 0.25) is 0 Å². The van der Waals surface area contributed by atoms with Crippen molar-refractivity contribution in [2.24, 2.45) is 0 Å². The van der Waals surface area contributed by atoms with Gasteiger partial charge in [-0.25, -0.2) is 9.97 Å². The molecule has 0 spiro atoms. The molecule has 0 bridgehead atoms. The molecule has 1 aromatic rings. The predicted molar refractivity (Wildman–Crippen MR) is 48.7 cm³/mol. The van der Waals surface area contributed by atoms with Crippen LogP contribution in [0.15, 0.2) is 18.0 Å². The first-order chi connectivity index (χ1) is 6.27. The van der Waals surface area contributed by atoms with Gasteiger partial charge in [0, 0.05) is 18.3 Å². The van der Waals surface area contributed by atoms with E-state index in [9.17, 15) is 0 Å². The molecule has 13 heavy (non-hydrogen) atoms. The average Bonchev–Trinajstić information content (AvgIpc) is 2.17. The fraction of sp³-hybridized carbons (Fsp3) is 0.143. The average molecular weight is 177 g/mol. The number of fused-ring (bicyclic) bond motifs is 1. The monoisotopic (exact) mass is 177 g/mol. The molecule has 1 aliphatic rings. The van der Waals surface area contributed by atoms with Crippen LogP contribution >= 0.6 is 0 Å². The van der Waals surface area contributed by atoms with E-state index in [2.05, 4.69) is 15.3 Å². The Morgan fingerprint density at radius 3 is 3.08 bits per heavy atom. The van der Waals surface area contributed by atoms with Gasteiger partial charge in [-0.05, 0) is 5.47 Å². The molecule has 1 aromatic heterocycles. The fourth-order valence-electron chi connectivity index (χ4n) is 1.20. The summed E-state index contributed by atoms with van der Waals surface area (Å²) in [6, 6.07) is 0. The van der Waals surface area contributed by atoms with Gasteiger partial charge >= 0.3 is 7.12 Å². The van der Waals surface area contributed by atoms with Gasteiger partial charge < -0.3 is 15.4 Å². The first-order valence-corrected chi connectivity index (χ1v) is 3.88. The molecule has 0 saturated carbocycles. The van der Waals surface area contributed by atoms with Crippen molar-refractivity contribution in [3.05, 3.63) is 23.6 Å². The van der Waals surface area contributed by atoms with Crippen molar-refractivity contribution < 1.29 is 10.0 Å². The van der Waals surface area contributed by atoms with E-state index in [-0.39, 0.29) is 0 Å². The van der Waals surface area contributed by atoms with E-state index in [1.54, 1.807) is 12.3 Å². The van der Waals surface area contributed by atoms with Crippen molar-refractivity contribution in [1.82, 2.24) is 9.97 Å². The molecule has 0 fully saturated rings. The molecule has 5 nitrogen and oxygen atoms in total. The zero-order valence-corrected chi connectivity index (χ0v) is 6.81. The Hall–Kier alpha value is -1.40. The van der Waals surface area contributed by atoms with Gasteiger partial charge in [0.05, 0.1) is 0 Å². The lowest BCUT2D eigenvalue weighted by Gasteiger charge is -2.16. The highest BCUT2D eigenvalue weighted by atomic mass is 16.4. The predicted octanol–water partition coefficient (Wildman–Crippen LogP) is -0.703. The van der Waals surface area contributed by atoms with E-state index in [0.29, 0.717) is 12.0 Å². The minimum atomic E-state index is -1.42. The van der Waals surface area contributed by atoms with E-state index >= 15 is 0 Å². The van der Waals surface area contributed by atoms with Gasteiger partial charge in [0.25, 0.3) is 0 Å². The zero-order chi connectivity index (χ0) is 9.26. The Bertz CT molecular complexity index is 353. The standard InChI is InChI=1S/C7H8BN3O2/c12-8(13)6-1-5-2-9-4-11-7(5)10-3-6/h1-2,4,12-13H,3H2,(H,9,10,11). The molecule has 1 aliphatic heterocycles. The highest BCUT2D eigenvalue weighted by Crippen LogP contribution is 2.19. The maximum atomic E-state index is 8.91. The van der Waals surface area contributed by atoms with Crippen molar-refractivity contribution in [3.63, 3.8) is 0 Å². The number of nitrogens with one attached hydrogen (secondary N) is 1. The lowest BCUT2D eigenvalue weighted by molar-refractivity contribution is 0.419. The van der Waals surface area contributed by atoms with Crippen LogP contribution in [0.5, 0.6) is 0 Å². The summed E-state index contributed by atoms with van der Waals surface area (Å²) in [4.78, 5) is 7.82. The molecule has 0 aliphatic carbocycles. The van der Waals surface area contributed by atoms with Crippen molar-refractivity contribution in [2.75, 3.05) is 11.9 Å². The van der Waals surface area contributed by atoms with Gasteiger partial charge in [-0.1, -0.05) is 6.08 Å². The molecule has 66 valence electrons. The first kappa shape index (κ1) is 8.21. The quantitative estimate of drug-likeness (QED) is 0.494. The fourth-order valence-corrected chi connectivity index (χ4v) is 1.20. The summed E-state index contributed by atoms with van der Waals surface area (Å²) in [6.45, 7) is 0.404. The minimum absolute atomic E-state index is 0.404. The molecule has 6 heteroatoms. The molecule has 0 unspecified atom stereocenters. The van der Waals surface area contributed by atoms with Crippen molar-refractivity contribution >= 4 is 19.0 Å². The van der Waals surface area contributed by atoms with Crippen LogP contribution in [0.25, 0.3) is 6.08 Å². The molecular formula is C7H8BN3O2. The van der Waals surface area contributed by atoms with E-state index in [4.69, 9.17) is 10.0 Å². The highest BCUT2D eigenvalue weighted by Gasteiger charge is 2.19. The van der Waals surface area contributed by atoms with Gasteiger partial charge in [0.1, 0.15) is 12.1 Å². The molecule has 0 amide bonds. The molecule has 2 rings (SSSR count). The molecule has 3 N–H and O–H groups in total. The van der Waals surface area contributed by atoms with E-state index in [1.165, 1.54) is 6.33 Å². The van der Waals surface area contributed by atoms with Crippen LogP contribution in [0.1, 0.15) is 5.56 Å². The highest BCUT2D eigenvalue weighted by molar-refractivity contribution is 6.52. The Balaban J connectivity index is 2.38. The van der Waals surface area contributed by atoms with Gasteiger partial charge in [-0.3, -0.25) is 0 Å². The van der Waals surface area contributed by atoms with Gasteiger partial charge in [-0.15, -0.1) is 0 Å². The molecule has 0 aromatic carbocycles. The van der Waals surface area contributed by atoms with Crippen molar-refractivity contribution in [1.29, 1.82) is 0 Å². The third-order valence-electron chi connectivity index (χ3n) is 1.87. The van der Waals surface area contributed by atoms with Crippen LogP contribution in [0.3, 0.4) is 0 Å². The maximum Gasteiger partial charge on any atom is 0.485 e. The van der Waals surface area contributed by atoms with Gasteiger partial charge in [-0.2, -0.15) is 0 Å². The second-order valence-corrected chi connectivity index (χ2v) is 2.77. The largest absolute Gasteiger partial charge is 0.485 e. The van der Waals surface area contributed by atoms with Crippen LogP contribution in [-0.4, -0.2) is 33.7 Å². The topological polar surface area (TPSA) is 78.3 Å². The number of hydrogen-bond acceptors (Lipinski definition) is 5. The van der Waals surface area contributed by atoms with E-state index in [0.717, 1.165) is 11.4 Å². The summed E-state index contributed by atoms with van der Waals surface area (Å²) in [7, 11) is -1.42. The Kier molecular flexibility index (Phi) is 1.99. The summed E-state index contributed by atoms with van der Waals surface area (Å²) >= 11 is 0. The van der Waals surface area contributed by atoms with Crippen LogP contribution < -0.4 is 5.32 Å². The summed E-state index contributed by atoms with van der Waals surface area (Å²) in [5.41, 5.74) is 1.29. The Morgan fingerprint density at radius 2 is 2.31 bits per heavy atom. The number of hydrogen-bond donors (Lipinski definition) is 3. The third kappa shape index (κ3) is 1.54. The lowest BCUT2D eigenvalue weighted by atomic mass is 9.77. The van der Waals surface area contributed by atoms with E-state index < -0.39 is 7.12 Å². The smallest absolute Gasteiger partial charge is 0.423 e. The lowest BCUT2D eigenvalue weighted by Crippen LogP contribution is -2.24. The maximum absolute atomic E-state index is 8.91. The van der Waals surface area contributed by atoms with Crippen LogP contribution in [0.4, 0.5) is 5.82 Å². The summed E-state index contributed by atoms with van der Waals surface area (Å²) < 4.78 is 0. The van der Waals surface area contributed by atoms with Crippen LogP contribution in [-0.2, 0) is 0 Å². The molecule has 0 atom stereocenters. The Labute approximate surface area is 75.3 Å². The summed E-state index contributed by atoms with van der Waals surface area (Å²) in [5.74, 6) is 0.722. The second kappa shape index (κ2) is 3.16.